The number of rotatable bonds is 2. The maximum Gasteiger partial charge on any atom is 0.339 e. The van der Waals surface area contributed by atoms with Crippen molar-refractivity contribution in [1.29, 1.82) is 0 Å². The first-order valence-corrected chi connectivity index (χ1v) is 6.13. The van der Waals surface area contributed by atoms with Crippen molar-refractivity contribution in [2.24, 2.45) is 0 Å². The monoisotopic (exact) mass is 388 g/mol. The molecule has 1 rings (SSSR count). The van der Waals surface area contributed by atoms with Crippen molar-refractivity contribution in [2.75, 3.05) is 6.61 Å². The Labute approximate surface area is 109 Å². The highest BCUT2D eigenvalue weighted by atomic mass is 127. The molecule has 0 aromatic heterocycles. The molecule has 0 saturated carbocycles. The minimum Gasteiger partial charge on any atom is -0.462 e. The summed E-state index contributed by atoms with van der Waals surface area (Å²) >= 11 is 11.3. The van der Waals surface area contributed by atoms with E-state index in [0.717, 1.165) is 8.04 Å². The fourth-order valence-corrected chi connectivity index (χ4v) is 2.61. The number of halogens is 3. The SMILES string of the molecule is CCOC(=O)c1cc(Br)cc(I)c1Cl. The molecule has 14 heavy (non-hydrogen) atoms. The molecule has 0 fully saturated rings. The maximum absolute atomic E-state index is 11.4. The fraction of sp³-hybridized carbons (Fsp3) is 0.222. The molecular weight excluding hydrogens is 382 g/mol. The summed E-state index contributed by atoms with van der Waals surface area (Å²) in [4.78, 5) is 11.4. The smallest absolute Gasteiger partial charge is 0.339 e. The molecule has 0 aliphatic carbocycles. The van der Waals surface area contributed by atoms with E-state index in [4.69, 9.17) is 16.3 Å². The number of carbonyl (C=O) groups is 1. The summed E-state index contributed by atoms with van der Waals surface area (Å²) in [5.74, 6) is -0.392. The van der Waals surface area contributed by atoms with E-state index in [2.05, 4.69) is 38.5 Å². The third-order valence-corrected chi connectivity index (χ3v) is 3.52. The largest absolute Gasteiger partial charge is 0.462 e. The molecule has 2 nitrogen and oxygen atoms in total. The van der Waals surface area contributed by atoms with Gasteiger partial charge < -0.3 is 4.74 Å². The number of ether oxygens (including phenoxy) is 1. The minimum absolute atomic E-state index is 0.345. The molecule has 1 aromatic carbocycles. The lowest BCUT2D eigenvalue weighted by molar-refractivity contribution is 0.0526. The molecule has 0 unspecified atom stereocenters. The van der Waals surface area contributed by atoms with Gasteiger partial charge in [-0.05, 0) is 41.6 Å². The molecule has 0 N–H and O–H groups in total. The summed E-state index contributed by atoms with van der Waals surface area (Å²) in [6.07, 6.45) is 0. The summed E-state index contributed by atoms with van der Waals surface area (Å²) in [5, 5.41) is 0.437. The second-order valence-corrected chi connectivity index (χ2v) is 4.93. The summed E-state index contributed by atoms with van der Waals surface area (Å²) in [6.45, 7) is 2.10. The predicted octanol–water partition coefficient (Wildman–Crippen LogP) is 3.88. The lowest BCUT2D eigenvalue weighted by Crippen LogP contribution is -2.06. The molecular formula is C9H7BrClIO2. The van der Waals surface area contributed by atoms with E-state index in [0.29, 0.717) is 17.2 Å². The fourth-order valence-electron chi connectivity index (χ4n) is 0.913. The maximum atomic E-state index is 11.4. The van der Waals surface area contributed by atoms with Gasteiger partial charge in [-0.25, -0.2) is 4.79 Å². The van der Waals surface area contributed by atoms with Gasteiger partial charge in [0.2, 0.25) is 0 Å². The minimum atomic E-state index is -0.392. The lowest BCUT2D eigenvalue weighted by Gasteiger charge is -2.06. The van der Waals surface area contributed by atoms with Gasteiger partial charge in [0, 0.05) is 8.04 Å². The molecule has 5 heteroatoms. The zero-order chi connectivity index (χ0) is 10.7. The second-order valence-electron chi connectivity index (χ2n) is 2.47. The second kappa shape index (κ2) is 5.32. The topological polar surface area (TPSA) is 26.3 Å². The molecule has 0 saturated heterocycles. The molecule has 0 radical (unpaired) electrons. The Hall–Kier alpha value is 0.190. The van der Waals surface area contributed by atoms with Crippen LogP contribution in [0.4, 0.5) is 0 Å². The molecule has 0 aliphatic heterocycles. The number of hydrogen-bond donors (Lipinski definition) is 0. The lowest BCUT2D eigenvalue weighted by atomic mass is 10.2. The zero-order valence-corrected chi connectivity index (χ0v) is 11.8. The van der Waals surface area contributed by atoms with Gasteiger partial charge in [-0.2, -0.15) is 0 Å². The van der Waals surface area contributed by atoms with Crippen LogP contribution in [0.15, 0.2) is 16.6 Å². The Morgan fingerprint density at radius 2 is 2.29 bits per heavy atom. The number of benzene rings is 1. The van der Waals surface area contributed by atoms with Gasteiger partial charge in [0.05, 0.1) is 17.2 Å². The quantitative estimate of drug-likeness (QED) is 0.436. The van der Waals surface area contributed by atoms with E-state index in [1.165, 1.54) is 0 Å². The Balaban J connectivity index is 3.13. The Morgan fingerprint density at radius 3 is 2.86 bits per heavy atom. The highest BCUT2D eigenvalue weighted by molar-refractivity contribution is 14.1. The highest BCUT2D eigenvalue weighted by Gasteiger charge is 2.14. The van der Waals surface area contributed by atoms with E-state index >= 15 is 0 Å². The van der Waals surface area contributed by atoms with Crippen LogP contribution in [-0.2, 0) is 4.74 Å². The average Bonchev–Trinajstić information content (AvgIpc) is 2.11. The van der Waals surface area contributed by atoms with Crippen LogP contribution in [0, 0.1) is 3.57 Å². The first-order chi connectivity index (χ1) is 6.56. The third-order valence-electron chi connectivity index (χ3n) is 1.49. The van der Waals surface area contributed by atoms with Crippen LogP contribution in [-0.4, -0.2) is 12.6 Å². The van der Waals surface area contributed by atoms with Crippen molar-refractivity contribution in [3.63, 3.8) is 0 Å². The van der Waals surface area contributed by atoms with Crippen molar-refractivity contribution in [3.05, 3.63) is 30.8 Å². The normalized spacial score (nSPS) is 10.0. The molecule has 0 atom stereocenters. The number of carbonyl (C=O) groups excluding carboxylic acids is 1. The summed E-state index contributed by atoms with van der Waals surface area (Å²) in [7, 11) is 0. The van der Waals surface area contributed by atoms with E-state index < -0.39 is 5.97 Å². The number of hydrogen-bond acceptors (Lipinski definition) is 2. The van der Waals surface area contributed by atoms with E-state index in [1.807, 2.05) is 6.07 Å². The van der Waals surface area contributed by atoms with Gasteiger partial charge in [-0.1, -0.05) is 27.5 Å². The zero-order valence-electron chi connectivity index (χ0n) is 7.31. The van der Waals surface area contributed by atoms with Crippen molar-refractivity contribution in [3.8, 4) is 0 Å². The molecule has 0 spiro atoms. The van der Waals surface area contributed by atoms with Crippen molar-refractivity contribution >= 4 is 56.1 Å². The Morgan fingerprint density at radius 1 is 1.64 bits per heavy atom. The summed E-state index contributed by atoms with van der Waals surface area (Å²) in [5.41, 5.74) is 0.396. The first-order valence-electron chi connectivity index (χ1n) is 3.88. The van der Waals surface area contributed by atoms with E-state index in [1.54, 1.807) is 13.0 Å². The molecule has 0 heterocycles. The summed E-state index contributed by atoms with van der Waals surface area (Å²) in [6, 6.07) is 3.49. The van der Waals surface area contributed by atoms with Crippen molar-refractivity contribution in [1.82, 2.24) is 0 Å². The van der Waals surface area contributed by atoms with Gasteiger partial charge >= 0.3 is 5.97 Å². The Bertz CT molecular complexity index is 368. The predicted molar refractivity (Wildman–Crippen MR) is 67.8 cm³/mol. The van der Waals surface area contributed by atoms with Crippen LogP contribution in [0.3, 0.4) is 0 Å². The molecule has 0 amide bonds. The average molecular weight is 389 g/mol. The van der Waals surface area contributed by atoms with Crippen LogP contribution < -0.4 is 0 Å². The van der Waals surface area contributed by atoms with Gasteiger partial charge in [0.15, 0.2) is 0 Å². The van der Waals surface area contributed by atoms with Gasteiger partial charge in [0.1, 0.15) is 0 Å². The highest BCUT2D eigenvalue weighted by Crippen LogP contribution is 2.27. The van der Waals surface area contributed by atoms with Gasteiger partial charge in [-0.3, -0.25) is 0 Å². The van der Waals surface area contributed by atoms with Crippen LogP contribution in [0.5, 0.6) is 0 Å². The molecule has 0 aliphatic rings. The first kappa shape index (κ1) is 12.3. The molecule has 0 bridgehead atoms. The standard InChI is InChI=1S/C9H7BrClIO2/c1-2-14-9(13)6-3-5(10)4-7(12)8(6)11/h3-4H,2H2,1H3. The van der Waals surface area contributed by atoms with Crippen LogP contribution >= 0.6 is 50.1 Å². The number of esters is 1. The van der Waals surface area contributed by atoms with Crippen LogP contribution in [0.2, 0.25) is 5.02 Å². The van der Waals surface area contributed by atoms with Crippen molar-refractivity contribution < 1.29 is 9.53 Å². The summed E-state index contributed by atoms with van der Waals surface area (Å²) < 4.78 is 6.51. The van der Waals surface area contributed by atoms with Crippen molar-refractivity contribution in [2.45, 2.75) is 6.92 Å². The van der Waals surface area contributed by atoms with Gasteiger partial charge in [-0.15, -0.1) is 0 Å². The van der Waals surface area contributed by atoms with Crippen LogP contribution in [0.1, 0.15) is 17.3 Å². The van der Waals surface area contributed by atoms with E-state index in [-0.39, 0.29) is 0 Å². The van der Waals surface area contributed by atoms with Crippen LogP contribution in [0.25, 0.3) is 0 Å². The molecule has 76 valence electrons. The molecule has 1 aromatic rings. The Kier molecular flexibility index (Phi) is 4.66. The van der Waals surface area contributed by atoms with Gasteiger partial charge in [0.25, 0.3) is 0 Å². The third kappa shape index (κ3) is 2.84. The van der Waals surface area contributed by atoms with E-state index in [9.17, 15) is 4.79 Å².